The van der Waals surface area contributed by atoms with Gasteiger partial charge in [0.15, 0.2) is 0 Å². The Morgan fingerprint density at radius 2 is 1.66 bits per heavy atom. The molecule has 0 radical (unpaired) electrons. The van der Waals surface area contributed by atoms with Crippen molar-refractivity contribution in [1.29, 1.82) is 0 Å². The Kier molecular flexibility index (Phi) is 11.1. The van der Waals surface area contributed by atoms with Gasteiger partial charge < -0.3 is 16.0 Å². The summed E-state index contributed by atoms with van der Waals surface area (Å²) in [5.41, 5.74) is 11.1. The van der Waals surface area contributed by atoms with Crippen molar-refractivity contribution in [3.05, 3.63) is 125 Å². The highest BCUT2D eigenvalue weighted by atomic mass is 35.5. The van der Waals surface area contributed by atoms with Crippen molar-refractivity contribution >= 4 is 40.7 Å². The lowest BCUT2D eigenvalue weighted by Crippen LogP contribution is -2.51. The van der Waals surface area contributed by atoms with Gasteiger partial charge in [-0.3, -0.25) is 14.4 Å². The van der Waals surface area contributed by atoms with E-state index in [0.29, 0.717) is 30.2 Å². The van der Waals surface area contributed by atoms with Crippen LogP contribution < -0.4 is 16.0 Å². The van der Waals surface area contributed by atoms with E-state index in [2.05, 4.69) is 5.32 Å². The number of primary amides is 1. The van der Waals surface area contributed by atoms with E-state index in [4.69, 9.17) is 22.3 Å². The summed E-state index contributed by atoms with van der Waals surface area (Å²) >= 11 is 6.10. The lowest BCUT2D eigenvalue weighted by atomic mass is 9.73. The summed E-state index contributed by atoms with van der Waals surface area (Å²) in [5.74, 6) is -2.73. The molecule has 1 heterocycles. The molecule has 50 heavy (non-hydrogen) atoms. The second-order valence-corrected chi connectivity index (χ2v) is 13.7. The van der Waals surface area contributed by atoms with Gasteiger partial charge in [0.2, 0.25) is 18.0 Å². The van der Waals surface area contributed by atoms with Gasteiger partial charge in [-0.15, -0.1) is 0 Å². The fourth-order valence-electron chi connectivity index (χ4n) is 6.97. The first-order valence-electron chi connectivity index (χ1n) is 17.4. The summed E-state index contributed by atoms with van der Waals surface area (Å²) in [6.07, 6.45) is 4.56. The van der Waals surface area contributed by atoms with Gasteiger partial charge in [0.1, 0.15) is 5.82 Å². The molecule has 4 aromatic carbocycles. The number of rotatable bonds is 13. The monoisotopic (exact) mass is 692 g/mol. The minimum Gasteiger partial charge on any atom is -0.369 e. The quantitative estimate of drug-likeness (QED) is 0.148. The number of benzene rings is 4. The third-order valence-electron chi connectivity index (χ3n) is 9.92. The molecule has 2 aliphatic rings. The molecule has 9 heteroatoms. The molecule has 6 rings (SSSR count). The second kappa shape index (κ2) is 15.8. The summed E-state index contributed by atoms with van der Waals surface area (Å²) in [7, 11) is 0. The lowest BCUT2D eigenvalue weighted by molar-refractivity contribution is -0.136. The van der Waals surface area contributed by atoms with Crippen LogP contribution >= 0.6 is 11.6 Å². The van der Waals surface area contributed by atoms with E-state index in [0.717, 1.165) is 59.9 Å². The van der Waals surface area contributed by atoms with Crippen molar-refractivity contribution < 1.29 is 18.8 Å². The van der Waals surface area contributed by atoms with Gasteiger partial charge in [0.25, 0.3) is 5.91 Å². The van der Waals surface area contributed by atoms with Crippen LogP contribution in [0.2, 0.25) is 5.02 Å². The number of fused-ring (bicyclic) bond motifs is 1. The van der Waals surface area contributed by atoms with E-state index in [1.165, 1.54) is 6.07 Å². The molecule has 3 atom stereocenters. The largest absolute Gasteiger partial charge is 0.369 e. The van der Waals surface area contributed by atoms with E-state index in [1.54, 1.807) is 17.0 Å². The SMILES string of the molecule is CCCC[C@H](C(N)=O)[C@@H](CC1CCC1)C(=O)NC1N=C(c2ccccc2)c2ccccc2N(Cc2cccc(-c3ccc(F)c(Cl)c3)c2)C1=O. The van der Waals surface area contributed by atoms with Crippen molar-refractivity contribution in [3.63, 3.8) is 0 Å². The molecule has 1 fully saturated rings. The fourth-order valence-corrected chi connectivity index (χ4v) is 7.15. The Hall–Kier alpha value is -4.82. The molecule has 7 nitrogen and oxygen atoms in total. The number of amides is 3. The molecular formula is C41H42ClFN4O3. The molecule has 3 N–H and O–H groups in total. The minimum atomic E-state index is -1.26. The third-order valence-corrected chi connectivity index (χ3v) is 10.2. The summed E-state index contributed by atoms with van der Waals surface area (Å²) in [6.45, 7) is 2.22. The molecule has 4 aromatic rings. The molecule has 0 spiro atoms. The average Bonchev–Trinajstić information content (AvgIpc) is 3.21. The number of anilines is 1. The maximum atomic E-state index is 14.7. The molecule has 258 valence electrons. The minimum absolute atomic E-state index is 0.0255. The fraction of sp³-hybridized carbons (Fsp3) is 0.317. The number of hydrogen-bond acceptors (Lipinski definition) is 4. The highest BCUT2D eigenvalue weighted by Crippen LogP contribution is 2.37. The highest BCUT2D eigenvalue weighted by Gasteiger charge is 2.39. The molecule has 0 saturated heterocycles. The van der Waals surface area contributed by atoms with Crippen molar-refractivity contribution in [2.45, 2.75) is 64.6 Å². The van der Waals surface area contributed by atoms with Gasteiger partial charge in [-0.1, -0.05) is 123 Å². The molecule has 1 saturated carbocycles. The van der Waals surface area contributed by atoms with Crippen LogP contribution in [0.15, 0.2) is 102 Å². The topological polar surface area (TPSA) is 105 Å². The van der Waals surface area contributed by atoms with Crippen LogP contribution in [-0.4, -0.2) is 29.6 Å². The van der Waals surface area contributed by atoms with Crippen LogP contribution in [0.4, 0.5) is 10.1 Å². The number of para-hydroxylation sites is 1. The number of carbonyl (C=O) groups is 3. The summed E-state index contributed by atoms with van der Waals surface area (Å²) in [4.78, 5) is 48.4. The van der Waals surface area contributed by atoms with Gasteiger partial charge in [-0.05, 0) is 59.7 Å². The van der Waals surface area contributed by atoms with Crippen LogP contribution in [0.3, 0.4) is 0 Å². The Balaban J connectivity index is 1.39. The Bertz CT molecular complexity index is 1890. The second-order valence-electron chi connectivity index (χ2n) is 13.3. The number of carbonyl (C=O) groups excluding carboxylic acids is 3. The average molecular weight is 693 g/mol. The normalized spacial score (nSPS) is 17.2. The van der Waals surface area contributed by atoms with E-state index in [9.17, 15) is 18.8 Å². The van der Waals surface area contributed by atoms with Crippen LogP contribution in [0.1, 0.15) is 68.6 Å². The van der Waals surface area contributed by atoms with Crippen LogP contribution in [0.25, 0.3) is 11.1 Å². The molecular weight excluding hydrogens is 651 g/mol. The maximum Gasteiger partial charge on any atom is 0.272 e. The number of nitrogens with zero attached hydrogens (tertiary/aromatic N) is 2. The lowest BCUT2D eigenvalue weighted by Gasteiger charge is -2.33. The van der Waals surface area contributed by atoms with E-state index in [1.807, 2.05) is 85.8 Å². The standard InChI is InChI=1S/C41H42ClFN4O3/c1-2-3-17-31(38(44)48)33(23-26-11-9-12-26)40(49)46-39-41(50)47(25-27-13-10-16-29(22-27)30-20-21-35(43)34(42)24-30)36-19-8-7-18-32(36)37(45-39)28-14-5-4-6-15-28/h4-8,10,13-16,18-22,24,26,31,33,39H,2-3,9,11-12,17,23,25H2,1H3,(H2,44,48)(H,46,49)/t31-,33+,39?/m0/s1. The zero-order valence-electron chi connectivity index (χ0n) is 28.2. The molecule has 0 aromatic heterocycles. The van der Waals surface area contributed by atoms with Crippen molar-refractivity contribution in [2.24, 2.45) is 28.5 Å². The first-order chi connectivity index (χ1) is 24.2. The van der Waals surface area contributed by atoms with Crippen LogP contribution in [0.5, 0.6) is 0 Å². The zero-order chi connectivity index (χ0) is 35.2. The van der Waals surface area contributed by atoms with Gasteiger partial charge in [-0.25, -0.2) is 9.38 Å². The Morgan fingerprint density at radius 3 is 2.36 bits per heavy atom. The van der Waals surface area contributed by atoms with Crippen molar-refractivity contribution in [2.75, 3.05) is 4.90 Å². The van der Waals surface area contributed by atoms with Gasteiger partial charge >= 0.3 is 0 Å². The van der Waals surface area contributed by atoms with Gasteiger partial charge in [-0.2, -0.15) is 0 Å². The van der Waals surface area contributed by atoms with E-state index in [-0.39, 0.29) is 17.5 Å². The first-order valence-corrected chi connectivity index (χ1v) is 17.8. The highest BCUT2D eigenvalue weighted by molar-refractivity contribution is 6.31. The smallest absolute Gasteiger partial charge is 0.272 e. The number of unbranched alkanes of at least 4 members (excludes halogenated alkanes) is 1. The summed E-state index contributed by atoms with van der Waals surface area (Å²) in [6, 6.07) is 29.4. The number of halogens is 2. The number of benzodiazepines with no additional fused rings is 1. The first kappa shape index (κ1) is 35.0. The predicted octanol–water partition coefficient (Wildman–Crippen LogP) is 8.07. The maximum absolute atomic E-state index is 14.7. The zero-order valence-corrected chi connectivity index (χ0v) is 28.9. The number of nitrogens with one attached hydrogen (secondary N) is 1. The van der Waals surface area contributed by atoms with Crippen molar-refractivity contribution in [1.82, 2.24) is 5.32 Å². The van der Waals surface area contributed by atoms with E-state index >= 15 is 0 Å². The molecule has 1 aliphatic carbocycles. The van der Waals surface area contributed by atoms with Crippen LogP contribution in [0, 0.1) is 23.6 Å². The third kappa shape index (κ3) is 7.81. The Labute approximate surface area is 297 Å². The molecule has 0 bridgehead atoms. The van der Waals surface area contributed by atoms with Gasteiger partial charge in [0, 0.05) is 23.0 Å². The predicted molar refractivity (Wildman–Crippen MR) is 196 cm³/mol. The molecule has 1 unspecified atom stereocenters. The summed E-state index contributed by atoms with van der Waals surface area (Å²) < 4.78 is 13.9. The van der Waals surface area contributed by atoms with Crippen LogP contribution in [-0.2, 0) is 20.9 Å². The molecule has 3 amide bonds. The number of aliphatic imine (C=N–C) groups is 1. The van der Waals surface area contributed by atoms with Gasteiger partial charge in [0.05, 0.1) is 23.0 Å². The van der Waals surface area contributed by atoms with E-state index < -0.39 is 35.6 Å². The van der Waals surface area contributed by atoms with Crippen molar-refractivity contribution in [3.8, 4) is 11.1 Å². The Morgan fingerprint density at radius 1 is 0.940 bits per heavy atom. The number of nitrogens with two attached hydrogens (primary N) is 1. The molecule has 1 aliphatic heterocycles. The number of hydrogen-bond donors (Lipinski definition) is 2. The summed E-state index contributed by atoms with van der Waals surface area (Å²) in [5, 5.41) is 3.02.